The molecule has 0 bridgehead atoms. The van der Waals surface area contributed by atoms with E-state index in [9.17, 15) is 22.8 Å². The Hall–Kier alpha value is -2.94. The predicted octanol–water partition coefficient (Wildman–Crippen LogP) is 3.75. The van der Waals surface area contributed by atoms with Crippen LogP contribution in [0.1, 0.15) is 35.3 Å². The molecule has 2 aromatic heterocycles. The Kier molecular flexibility index (Phi) is 5.93. The van der Waals surface area contributed by atoms with Crippen LogP contribution in [0.25, 0.3) is 16.9 Å². The van der Waals surface area contributed by atoms with Crippen molar-refractivity contribution >= 4 is 28.4 Å². The van der Waals surface area contributed by atoms with E-state index in [1.807, 2.05) is 0 Å². The van der Waals surface area contributed by atoms with Crippen LogP contribution in [0, 0.1) is 5.82 Å². The molecule has 0 radical (unpaired) electrons. The lowest BCUT2D eigenvalue weighted by Crippen LogP contribution is -2.24. The van der Waals surface area contributed by atoms with Crippen molar-refractivity contribution in [1.82, 2.24) is 19.9 Å². The number of nitrogens with zero attached hydrogens (tertiary/aromatic N) is 3. The fourth-order valence-corrected chi connectivity index (χ4v) is 2.73. The molecule has 0 atom stereocenters. The van der Waals surface area contributed by atoms with E-state index >= 15 is 0 Å². The summed E-state index contributed by atoms with van der Waals surface area (Å²) in [5.74, 6) is -1.04. The molecule has 0 saturated heterocycles. The number of halogens is 4. The second kappa shape index (κ2) is 8.39. The molecule has 1 aromatic carbocycles. The van der Waals surface area contributed by atoms with Gasteiger partial charge < -0.3 is 5.32 Å². The first-order chi connectivity index (χ1) is 13.4. The fourth-order valence-electron chi connectivity index (χ4n) is 2.59. The van der Waals surface area contributed by atoms with Crippen LogP contribution >= 0.6 is 11.6 Å². The Morgan fingerprint density at radius 2 is 1.93 bits per heavy atom. The number of alkyl halides is 2. The number of rotatable bonds is 7. The molecule has 146 valence electrons. The molecule has 0 aliphatic rings. The van der Waals surface area contributed by atoms with Crippen LogP contribution < -0.4 is 5.32 Å². The van der Waals surface area contributed by atoms with Crippen LogP contribution in [0.5, 0.6) is 0 Å². The van der Waals surface area contributed by atoms with E-state index < -0.39 is 29.1 Å². The van der Waals surface area contributed by atoms with Crippen molar-refractivity contribution in [3.63, 3.8) is 0 Å². The fraction of sp³-hybridized carbons (Fsp3) is 0.222. The summed E-state index contributed by atoms with van der Waals surface area (Å²) in [6, 6.07) is 6.33. The van der Waals surface area contributed by atoms with Crippen molar-refractivity contribution in [3.8, 4) is 11.3 Å². The third kappa shape index (κ3) is 4.30. The molecule has 6 nitrogen and oxygen atoms in total. The number of amides is 1. The van der Waals surface area contributed by atoms with E-state index in [-0.39, 0.29) is 29.9 Å². The minimum Gasteiger partial charge on any atom is -0.352 e. The summed E-state index contributed by atoms with van der Waals surface area (Å²) >= 11 is 5.23. The summed E-state index contributed by atoms with van der Waals surface area (Å²) in [4.78, 5) is 27.4. The quantitative estimate of drug-likeness (QED) is 0.475. The number of carbonyl (C=O) groups is 2. The van der Waals surface area contributed by atoms with Crippen molar-refractivity contribution in [1.29, 1.82) is 0 Å². The summed E-state index contributed by atoms with van der Waals surface area (Å²) in [6.07, 6.45) is -1.29. The molecule has 1 N–H and O–H groups in total. The minimum atomic E-state index is -2.87. The Labute approximate surface area is 162 Å². The van der Waals surface area contributed by atoms with Crippen LogP contribution in [0.2, 0.25) is 0 Å². The largest absolute Gasteiger partial charge is 0.352 e. The first kappa shape index (κ1) is 19.8. The Morgan fingerprint density at radius 1 is 1.21 bits per heavy atom. The topological polar surface area (TPSA) is 76.4 Å². The Balaban J connectivity index is 1.97. The zero-order valence-corrected chi connectivity index (χ0v) is 15.1. The van der Waals surface area contributed by atoms with Gasteiger partial charge in [-0.1, -0.05) is 0 Å². The summed E-state index contributed by atoms with van der Waals surface area (Å²) in [5, 5.41) is 5.90. The molecule has 2 heterocycles. The molecular weight excluding hydrogens is 397 g/mol. The van der Waals surface area contributed by atoms with Gasteiger partial charge in [-0.3, -0.25) is 9.59 Å². The molecule has 1 amide bonds. The number of hydrogen-bond donors (Lipinski definition) is 1. The number of aromatic nitrogens is 3. The smallest absolute Gasteiger partial charge is 0.280 e. The zero-order valence-electron chi connectivity index (χ0n) is 14.3. The minimum absolute atomic E-state index is 0.00283. The highest BCUT2D eigenvalue weighted by atomic mass is 35.5. The van der Waals surface area contributed by atoms with Crippen molar-refractivity contribution in [2.45, 2.75) is 19.3 Å². The van der Waals surface area contributed by atoms with Gasteiger partial charge in [-0.25, -0.2) is 22.7 Å². The number of benzene rings is 1. The lowest BCUT2D eigenvalue weighted by Gasteiger charge is -2.09. The summed E-state index contributed by atoms with van der Waals surface area (Å²) in [5.41, 5.74) is 0.0753. The van der Waals surface area contributed by atoms with E-state index in [0.29, 0.717) is 12.0 Å². The number of hydrogen-bond acceptors (Lipinski definition) is 4. The molecule has 3 rings (SSSR count). The highest BCUT2D eigenvalue weighted by Crippen LogP contribution is 2.26. The van der Waals surface area contributed by atoms with Crippen LogP contribution in [0.15, 0.2) is 36.5 Å². The van der Waals surface area contributed by atoms with Gasteiger partial charge in [0.05, 0.1) is 11.9 Å². The van der Waals surface area contributed by atoms with E-state index in [2.05, 4.69) is 15.4 Å². The van der Waals surface area contributed by atoms with Crippen LogP contribution in [-0.4, -0.2) is 32.3 Å². The standard InChI is InChI=1S/C18H14ClF3N4O2/c19-15(27)2-1-7-23-18(28)12-9-24-26-14(16(21)22)8-13(25-17(12)26)10-3-5-11(20)6-4-10/h3-6,8-9,16H,1-2,7H2,(H,23,28). The monoisotopic (exact) mass is 410 g/mol. The van der Waals surface area contributed by atoms with E-state index in [0.717, 1.165) is 16.8 Å². The molecule has 0 saturated carbocycles. The third-order valence-corrected chi connectivity index (χ3v) is 4.13. The first-order valence-electron chi connectivity index (χ1n) is 8.26. The second-order valence-electron chi connectivity index (χ2n) is 5.88. The van der Waals surface area contributed by atoms with Crippen molar-refractivity contribution < 1.29 is 22.8 Å². The van der Waals surface area contributed by atoms with E-state index in [1.165, 1.54) is 24.3 Å². The molecule has 0 spiro atoms. The molecular formula is C18H14ClF3N4O2. The average molecular weight is 411 g/mol. The first-order valence-corrected chi connectivity index (χ1v) is 8.64. The van der Waals surface area contributed by atoms with Crippen LogP contribution in [0.3, 0.4) is 0 Å². The predicted molar refractivity (Wildman–Crippen MR) is 95.8 cm³/mol. The van der Waals surface area contributed by atoms with Gasteiger partial charge in [-0.15, -0.1) is 0 Å². The Morgan fingerprint density at radius 3 is 2.57 bits per heavy atom. The molecule has 3 aromatic rings. The molecule has 10 heteroatoms. The van der Waals surface area contributed by atoms with Crippen molar-refractivity contribution in [2.75, 3.05) is 6.54 Å². The van der Waals surface area contributed by atoms with Gasteiger partial charge in [0, 0.05) is 18.5 Å². The maximum Gasteiger partial charge on any atom is 0.280 e. The number of fused-ring (bicyclic) bond motifs is 1. The van der Waals surface area contributed by atoms with Crippen LogP contribution in [-0.2, 0) is 4.79 Å². The average Bonchev–Trinajstić information content (AvgIpc) is 3.08. The van der Waals surface area contributed by atoms with Gasteiger partial charge in [-0.05, 0) is 48.4 Å². The second-order valence-corrected chi connectivity index (χ2v) is 6.30. The lowest BCUT2D eigenvalue weighted by atomic mass is 10.1. The molecule has 28 heavy (non-hydrogen) atoms. The zero-order chi connectivity index (χ0) is 20.3. The van der Waals surface area contributed by atoms with Gasteiger partial charge in [0.1, 0.15) is 17.1 Å². The molecule has 0 fully saturated rings. The van der Waals surface area contributed by atoms with E-state index in [1.54, 1.807) is 0 Å². The molecule has 0 unspecified atom stereocenters. The highest BCUT2D eigenvalue weighted by Gasteiger charge is 2.21. The highest BCUT2D eigenvalue weighted by molar-refractivity contribution is 6.63. The number of nitrogens with one attached hydrogen (secondary N) is 1. The summed E-state index contributed by atoms with van der Waals surface area (Å²) in [6.45, 7) is 0.175. The lowest BCUT2D eigenvalue weighted by molar-refractivity contribution is -0.111. The maximum absolute atomic E-state index is 13.5. The SMILES string of the molecule is O=C(Cl)CCCNC(=O)c1cnn2c(C(F)F)cc(-c3ccc(F)cc3)nc12. The van der Waals surface area contributed by atoms with Gasteiger partial charge >= 0.3 is 0 Å². The third-order valence-electron chi connectivity index (χ3n) is 3.94. The van der Waals surface area contributed by atoms with Gasteiger partial charge in [0.2, 0.25) is 5.24 Å². The maximum atomic E-state index is 13.5. The van der Waals surface area contributed by atoms with Gasteiger partial charge in [0.25, 0.3) is 12.3 Å². The van der Waals surface area contributed by atoms with Crippen molar-refractivity contribution in [3.05, 3.63) is 53.6 Å². The number of carbonyl (C=O) groups excluding carboxylic acids is 2. The van der Waals surface area contributed by atoms with E-state index in [4.69, 9.17) is 11.6 Å². The van der Waals surface area contributed by atoms with Gasteiger partial charge in [0.15, 0.2) is 5.65 Å². The van der Waals surface area contributed by atoms with Gasteiger partial charge in [-0.2, -0.15) is 5.10 Å². The normalized spacial score (nSPS) is 11.2. The van der Waals surface area contributed by atoms with Crippen molar-refractivity contribution in [2.24, 2.45) is 0 Å². The van der Waals surface area contributed by atoms with Crippen LogP contribution in [0.4, 0.5) is 13.2 Å². The Bertz CT molecular complexity index is 1020. The molecule has 0 aliphatic carbocycles. The molecule has 0 aliphatic heterocycles. The summed E-state index contributed by atoms with van der Waals surface area (Å²) in [7, 11) is 0. The summed E-state index contributed by atoms with van der Waals surface area (Å²) < 4.78 is 41.0.